The second kappa shape index (κ2) is 11.3. The Balaban J connectivity index is 1.29. The maximum atomic E-state index is 14.3. The third kappa shape index (κ3) is 5.02. The Morgan fingerprint density at radius 3 is 2.43 bits per heavy atom. The van der Waals surface area contributed by atoms with Gasteiger partial charge in [0.05, 0.1) is 38.7 Å². The van der Waals surface area contributed by atoms with Crippen molar-refractivity contribution >= 4 is 35.0 Å². The van der Waals surface area contributed by atoms with E-state index in [9.17, 15) is 14.4 Å². The van der Waals surface area contributed by atoms with Crippen LogP contribution in [-0.4, -0.2) is 61.1 Å². The molecule has 3 aliphatic heterocycles. The molecule has 0 aromatic heterocycles. The van der Waals surface area contributed by atoms with Crippen molar-refractivity contribution in [3.05, 3.63) is 65.2 Å². The lowest BCUT2D eigenvalue weighted by molar-refractivity contribution is -0.142. The molecule has 2 bridgehead atoms. The lowest BCUT2D eigenvalue weighted by Crippen LogP contribution is -2.49. The van der Waals surface area contributed by atoms with E-state index < -0.39 is 29.6 Å². The summed E-state index contributed by atoms with van der Waals surface area (Å²) in [4.78, 5) is 43.6. The molecule has 2 aromatic rings. The molecule has 4 aliphatic rings. The third-order valence-corrected chi connectivity index (χ3v) is 9.49. The van der Waals surface area contributed by atoms with Gasteiger partial charge in [0.25, 0.3) is 0 Å². The van der Waals surface area contributed by atoms with E-state index in [1.165, 1.54) is 14.2 Å². The van der Waals surface area contributed by atoms with E-state index in [1.54, 1.807) is 47.4 Å². The maximum absolute atomic E-state index is 14.3. The predicted molar refractivity (Wildman–Crippen MR) is 157 cm³/mol. The van der Waals surface area contributed by atoms with Crippen molar-refractivity contribution in [1.29, 1.82) is 0 Å². The normalized spacial score (nSPS) is 30.1. The molecule has 0 unspecified atom stereocenters. The van der Waals surface area contributed by atoms with E-state index in [0.717, 1.165) is 25.7 Å². The second-order valence-electron chi connectivity index (χ2n) is 11.8. The number of halogens is 1. The Morgan fingerprint density at radius 2 is 1.76 bits per heavy atom. The summed E-state index contributed by atoms with van der Waals surface area (Å²) in [5, 5.41) is 6.72. The van der Waals surface area contributed by atoms with Gasteiger partial charge in [0.1, 0.15) is 23.1 Å². The summed E-state index contributed by atoms with van der Waals surface area (Å²) in [6.45, 7) is 2.32. The second-order valence-corrected chi connectivity index (χ2v) is 12.2. The summed E-state index contributed by atoms with van der Waals surface area (Å²) in [6, 6.07) is 11.3. The van der Waals surface area contributed by atoms with E-state index >= 15 is 0 Å². The minimum Gasteiger partial charge on any atom is -0.497 e. The molecular weight excluding hydrogens is 558 g/mol. The van der Waals surface area contributed by atoms with Crippen LogP contribution in [0, 0.1) is 17.8 Å². The van der Waals surface area contributed by atoms with Crippen LogP contribution in [0.4, 0.5) is 5.69 Å². The smallest absolute Gasteiger partial charge is 0.247 e. The number of benzene rings is 2. The zero-order chi connectivity index (χ0) is 29.6. The van der Waals surface area contributed by atoms with Gasteiger partial charge in [-0.1, -0.05) is 55.7 Å². The number of anilines is 1. The fourth-order valence-electron chi connectivity index (χ4n) is 7.06. The number of carbonyl (C=O) groups excluding carboxylic acids is 3. The average Bonchev–Trinajstić information content (AvgIpc) is 3.63. The highest BCUT2D eigenvalue weighted by molar-refractivity contribution is 6.30. The van der Waals surface area contributed by atoms with Crippen LogP contribution < -0.4 is 20.1 Å². The van der Waals surface area contributed by atoms with Crippen LogP contribution >= 0.6 is 11.6 Å². The number of hydrogen-bond acceptors (Lipinski definition) is 6. The van der Waals surface area contributed by atoms with E-state index in [1.807, 2.05) is 12.2 Å². The summed E-state index contributed by atoms with van der Waals surface area (Å²) in [6.07, 6.45) is 7.37. The standard InChI is InChI=1S/C32H36ClN3O6/c1-18-6-4-5-7-24(18)35-30(38)28(19-8-10-20(33)11-9-19)36-17-32-13-12-25(42-32)26(27(32)31(36)39)29(37)34-21-14-22(40-2)16-23(15-21)41-3/h8-16,18,24-28H,4-7,17H2,1-3H3,(H,34,37)(H,35,38)/t18-,24-,25+,26-,27+,28+,32+/m1/s1. The fourth-order valence-corrected chi connectivity index (χ4v) is 7.19. The summed E-state index contributed by atoms with van der Waals surface area (Å²) in [5.41, 5.74) is 0.159. The molecule has 1 aliphatic carbocycles. The number of rotatable bonds is 8. The first-order valence-electron chi connectivity index (χ1n) is 14.5. The summed E-state index contributed by atoms with van der Waals surface area (Å²) < 4.78 is 17.0. The van der Waals surface area contributed by atoms with Gasteiger partial charge in [0, 0.05) is 35.0 Å². The minimum absolute atomic E-state index is 0.0433. The Kier molecular flexibility index (Phi) is 7.66. The lowest BCUT2D eigenvalue weighted by Gasteiger charge is -2.34. The quantitative estimate of drug-likeness (QED) is 0.436. The fraction of sp³-hybridized carbons (Fsp3) is 0.469. The van der Waals surface area contributed by atoms with Crippen LogP contribution in [0.25, 0.3) is 0 Å². The zero-order valence-corrected chi connectivity index (χ0v) is 24.7. The number of carbonyl (C=O) groups is 3. The van der Waals surface area contributed by atoms with Gasteiger partial charge in [-0.25, -0.2) is 0 Å². The number of methoxy groups -OCH3 is 2. The SMILES string of the molecule is COc1cc(NC(=O)[C@@H]2[C@@H]3C=C[C@@]4(CN([C@H](C(=O)N[C@@H]5CCCC[C@H]5C)c5ccc(Cl)cc5)C(=O)[C@H]24)O3)cc(OC)c1. The number of nitrogens with zero attached hydrogens (tertiary/aromatic N) is 1. The van der Waals surface area contributed by atoms with Crippen molar-refractivity contribution in [3.8, 4) is 11.5 Å². The van der Waals surface area contributed by atoms with Gasteiger partial charge in [0.2, 0.25) is 17.7 Å². The lowest BCUT2D eigenvalue weighted by atomic mass is 9.76. The van der Waals surface area contributed by atoms with Crippen molar-refractivity contribution in [2.75, 3.05) is 26.1 Å². The Bertz CT molecular complexity index is 1390. The molecule has 2 aromatic carbocycles. The van der Waals surface area contributed by atoms with Gasteiger partial charge in [-0.3, -0.25) is 14.4 Å². The molecule has 3 heterocycles. The van der Waals surface area contributed by atoms with Crippen LogP contribution in [0.5, 0.6) is 11.5 Å². The molecule has 0 radical (unpaired) electrons. The highest BCUT2D eigenvalue weighted by Gasteiger charge is 2.68. The summed E-state index contributed by atoms with van der Waals surface area (Å²) in [5.74, 6) is -0.986. The number of amides is 3. The van der Waals surface area contributed by atoms with Crippen molar-refractivity contribution < 1.29 is 28.6 Å². The first kappa shape index (κ1) is 28.6. The summed E-state index contributed by atoms with van der Waals surface area (Å²) >= 11 is 6.18. The van der Waals surface area contributed by atoms with Gasteiger partial charge in [-0.05, 0) is 36.5 Å². The zero-order valence-electron chi connectivity index (χ0n) is 24.0. The number of hydrogen-bond donors (Lipinski definition) is 2. The van der Waals surface area contributed by atoms with Gasteiger partial charge >= 0.3 is 0 Å². The highest BCUT2D eigenvalue weighted by Crippen LogP contribution is 2.53. The first-order chi connectivity index (χ1) is 20.2. The van der Waals surface area contributed by atoms with E-state index in [0.29, 0.717) is 33.7 Å². The Labute approximate surface area is 250 Å². The molecule has 7 atom stereocenters. The van der Waals surface area contributed by atoms with Crippen molar-refractivity contribution in [3.63, 3.8) is 0 Å². The summed E-state index contributed by atoms with van der Waals surface area (Å²) in [7, 11) is 3.07. The van der Waals surface area contributed by atoms with Crippen molar-refractivity contribution in [2.24, 2.45) is 17.8 Å². The number of fused-ring (bicyclic) bond motifs is 1. The van der Waals surface area contributed by atoms with E-state index in [4.69, 9.17) is 25.8 Å². The molecular formula is C32H36ClN3O6. The van der Waals surface area contributed by atoms with E-state index in [2.05, 4.69) is 17.6 Å². The molecule has 1 saturated carbocycles. The monoisotopic (exact) mass is 593 g/mol. The van der Waals surface area contributed by atoms with Gasteiger partial charge in [0.15, 0.2) is 0 Å². The molecule has 3 fully saturated rings. The van der Waals surface area contributed by atoms with Crippen LogP contribution in [0.2, 0.25) is 5.02 Å². The molecule has 222 valence electrons. The Morgan fingerprint density at radius 1 is 1.07 bits per heavy atom. The molecule has 3 amide bonds. The van der Waals surface area contributed by atoms with Crippen LogP contribution in [0.3, 0.4) is 0 Å². The molecule has 2 N–H and O–H groups in total. The van der Waals surface area contributed by atoms with Gasteiger partial charge < -0.3 is 29.7 Å². The third-order valence-electron chi connectivity index (χ3n) is 9.24. The largest absolute Gasteiger partial charge is 0.497 e. The van der Waals surface area contributed by atoms with Crippen LogP contribution in [0.15, 0.2) is 54.6 Å². The predicted octanol–water partition coefficient (Wildman–Crippen LogP) is 4.51. The molecule has 2 saturated heterocycles. The molecule has 1 spiro atoms. The number of ether oxygens (including phenoxy) is 3. The maximum Gasteiger partial charge on any atom is 0.247 e. The van der Waals surface area contributed by atoms with E-state index in [-0.39, 0.29) is 30.3 Å². The Hall–Kier alpha value is -3.56. The molecule has 6 rings (SSSR count). The molecule has 9 nitrogen and oxygen atoms in total. The first-order valence-corrected chi connectivity index (χ1v) is 14.9. The number of likely N-dealkylation sites (tertiary alicyclic amines) is 1. The highest BCUT2D eigenvalue weighted by atomic mass is 35.5. The topological polar surface area (TPSA) is 106 Å². The molecule has 42 heavy (non-hydrogen) atoms. The van der Waals surface area contributed by atoms with Crippen LogP contribution in [-0.2, 0) is 19.1 Å². The molecule has 10 heteroatoms. The average molecular weight is 594 g/mol. The van der Waals surface area contributed by atoms with Gasteiger partial charge in [-0.15, -0.1) is 0 Å². The van der Waals surface area contributed by atoms with Crippen molar-refractivity contribution in [2.45, 2.75) is 56.4 Å². The number of nitrogens with one attached hydrogen (secondary N) is 2. The van der Waals surface area contributed by atoms with Gasteiger partial charge in [-0.2, -0.15) is 0 Å². The van der Waals surface area contributed by atoms with Crippen molar-refractivity contribution in [1.82, 2.24) is 10.2 Å². The minimum atomic E-state index is -0.987. The van der Waals surface area contributed by atoms with Crippen LogP contribution in [0.1, 0.15) is 44.2 Å².